The minimum Gasteiger partial charge on any atom is -0.325 e. The largest absolute Gasteiger partial charge is 0.451 e. The molecule has 10 heteroatoms. The normalized spacial score (nSPS) is 11.3. The number of hydrogen-bond donors (Lipinski definition) is 2. The number of amides is 2. The zero-order valence-corrected chi connectivity index (χ0v) is 18.3. The lowest BCUT2D eigenvalue weighted by molar-refractivity contribution is -0.145. The Balaban J connectivity index is 1.49. The smallest absolute Gasteiger partial charge is 0.325 e. The number of fused-ring (bicyclic) bond motifs is 1. The zero-order chi connectivity index (χ0) is 24.1. The molecule has 0 spiro atoms. The molecule has 0 bridgehead atoms. The molecule has 4 aromatic rings. The van der Waals surface area contributed by atoms with Crippen LogP contribution < -0.4 is 10.6 Å². The molecule has 1 aromatic heterocycles. The molecule has 172 valence electrons. The van der Waals surface area contributed by atoms with E-state index in [0.29, 0.717) is 11.1 Å². The van der Waals surface area contributed by atoms with Crippen LogP contribution in [0.25, 0.3) is 10.9 Å². The third kappa shape index (κ3) is 5.52. The van der Waals surface area contributed by atoms with Crippen LogP contribution >= 0.6 is 11.8 Å². The number of carbonyl (C=O) groups is 2. The van der Waals surface area contributed by atoms with E-state index in [1.54, 1.807) is 66.7 Å². The second kappa shape index (κ2) is 9.92. The first-order valence-corrected chi connectivity index (χ1v) is 11.0. The van der Waals surface area contributed by atoms with Crippen LogP contribution in [0.4, 0.5) is 24.5 Å². The average molecular weight is 482 g/mol. The number of nitrogens with zero attached hydrogens (tertiary/aromatic N) is 2. The number of alkyl halides is 3. The number of benzene rings is 3. The summed E-state index contributed by atoms with van der Waals surface area (Å²) in [5.41, 5.74) is 1.26. The van der Waals surface area contributed by atoms with Crippen molar-refractivity contribution in [3.8, 4) is 0 Å². The highest BCUT2D eigenvalue weighted by atomic mass is 32.2. The molecule has 34 heavy (non-hydrogen) atoms. The number of rotatable bonds is 6. The van der Waals surface area contributed by atoms with E-state index >= 15 is 0 Å². The summed E-state index contributed by atoms with van der Waals surface area (Å²) in [6.07, 6.45) is -4.72. The minimum absolute atomic E-state index is 0.0446. The lowest BCUT2D eigenvalue weighted by Crippen LogP contribution is -2.19. The first-order valence-electron chi connectivity index (χ1n) is 10.0. The Hall–Kier alpha value is -3.92. The minimum atomic E-state index is -4.72. The lowest BCUT2D eigenvalue weighted by atomic mass is 10.1. The van der Waals surface area contributed by atoms with Gasteiger partial charge in [-0.15, -0.1) is 0 Å². The van der Waals surface area contributed by atoms with Crippen molar-refractivity contribution < 1.29 is 22.8 Å². The Labute approximate surface area is 196 Å². The van der Waals surface area contributed by atoms with Crippen molar-refractivity contribution in [2.45, 2.75) is 11.2 Å². The van der Waals surface area contributed by atoms with Gasteiger partial charge in [-0.2, -0.15) is 13.2 Å². The molecule has 6 nitrogen and oxygen atoms in total. The number of anilines is 2. The molecule has 0 aliphatic rings. The van der Waals surface area contributed by atoms with Gasteiger partial charge in [0.2, 0.25) is 11.7 Å². The summed E-state index contributed by atoms with van der Waals surface area (Å²) in [6, 6.07) is 21.6. The fourth-order valence-corrected chi connectivity index (χ4v) is 3.93. The van der Waals surface area contributed by atoms with E-state index in [9.17, 15) is 22.8 Å². The molecule has 0 saturated carbocycles. The standard InChI is InChI=1S/C24H17F3N4O2S/c25-24(26,27)23-30-19-13-7-5-11-17(19)22(31-23)34-14-20(32)29-18-12-6-4-10-16(18)21(33)28-15-8-2-1-3-9-15/h1-13H,14H2,(H,28,33)(H,29,32). The van der Waals surface area contributed by atoms with Gasteiger partial charge in [0.25, 0.3) is 5.91 Å². The van der Waals surface area contributed by atoms with Crippen molar-refractivity contribution in [3.63, 3.8) is 0 Å². The Morgan fingerprint density at radius 2 is 1.50 bits per heavy atom. The van der Waals surface area contributed by atoms with E-state index in [1.807, 2.05) is 6.07 Å². The molecule has 0 radical (unpaired) electrons. The van der Waals surface area contributed by atoms with Crippen molar-refractivity contribution >= 4 is 45.9 Å². The molecule has 0 saturated heterocycles. The van der Waals surface area contributed by atoms with Gasteiger partial charge in [-0.25, -0.2) is 9.97 Å². The van der Waals surface area contributed by atoms with E-state index in [1.165, 1.54) is 6.07 Å². The topological polar surface area (TPSA) is 84.0 Å². The van der Waals surface area contributed by atoms with Gasteiger partial charge < -0.3 is 10.6 Å². The maximum Gasteiger partial charge on any atom is 0.451 e. The molecule has 0 aliphatic carbocycles. The number of aromatic nitrogens is 2. The highest BCUT2D eigenvalue weighted by molar-refractivity contribution is 8.00. The highest BCUT2D eigenvalue weighted by Crippen LogP contribution is 2.32. The maximum atomic E-state index is 13.2. The summed E-state index contributed by atoms with van der Waals surface area (Å²) in [4.78, 5) is 32.5. The van der Waals surface area contributed by atoms with Gasteiger partial charge in [0, 0.05) is 11.1 Å². The van der Waals surface area contributed by atoms with Crippen molar-refractivity contribution in [2.75, 3.05) is 16.4 Å². The van der Waals surface area contributed by atoms with Crippen LogP contribution in [0, 0.1) is 0 Å². The van der Waals surface area contributed by atoms with E-state index < -0.39 is 23.8 Å². The third-order valence-corrected chi connectivity index (χ3v) is 5.63. The van der Waals surface area contributed by atoms with Crippen molar-refractivity contribution in [1.82, 2.24) is 9.97 Å². The summed E-state index contributed by atoms with van der Waals surface area (Å²) in [7, 11) is 0. The van der Waals surface area contributed by atoms with Crippen LogP contribution in [-0.2, 0) is 11.0 Å². The average Bonchev–Trinajstić information content (AvgIpc) is 2.82. The van der Waals surface area contributed by atoms with E-state index in [4.69, 9.17) is 0 Å². The number of nitrogens with one attached hydrogen (secondary N) is 2. The van der Waals surface area contributed by atoms with Gasteiger partial charge in [-0.05, 0) is 30.3 Å². The van der Waals surface area contributed by atoms with E-state index in [2.05, 4.69) is 20.6 Å². The van der Waals surface area contributed by atoms with Gasteiger partial charge in [-0.3, -0.25) is 9.59 Å². The fourth-order valence-electron chi connectivity index (χ4n) is 3.11. The van der Waals surface area contributed by atoms with Crippen LogP contribution in [0.5, 0.6) is 0 Å². The predicted molar refractivity (Wildman–Crippen MR) is 125 cm³/mol. The van der Waals surface area contributed by atoms with E-state index in [-0.39, 0.29) is 27.5 Å². The molecular formula is C24H17F3N4O2S. The van der Waals surface area contributed by atoms with Crippen LogP contribution in [0.3, 0.4) is 0 Å². The molecule has 0 unspecified atom stereocenters. The second-order valence-corrected chi connectivity index (χ2v) is 8.03. The van der Waals surface area contributed by atoms with Crippen LogP contribution in [0.1, 0.15) is 16.2 Å². The van der Waals surface area contributed by atoms with Crippen molar-refractivity contribution in [1.29, 1.82) is 0 Å². The summed E-state index contributed by atoms with van der Waals surface area (Å²) in [5, 5.41) is 5.86. The van der Waals surface area contributed by atoms with Crippen LogP contribution in [0.15, 0.2) is 83.9 Å². The first kappa shape index (κ1) is 23.2. The van der Waals surface area contributed by atoms with Gasteiger partial charge in [-0.1, -0.05) is 60.3 Å². The maximum absolute atomic E-state index is 13.2. The summed E-state index contributed by atoms with van der Waals surface area (Å²) in [6.45, 7) is 0. The molecule has 0 fully saturated rings. The van der Waals surface area contributed by atoms with E-state index in [0.717, 1.165) is 11.8 Å². The predicted octanol–water partition coefficient (Wildman–Crippen LogP) is 5.63. The molecule has 4 rings (SSSR count). The first-order chi connectivity index (χ1) is 16.3. The van der Waals surface area contributed by atoms with Crippen molar-refractivity contribution in [2.24, 2.45) is 0 Å². The number of hydrogen-bond acceptors (Lipinski definition) is 5. The Bertz CT molecular complexity index is 1350. The number of carbonyl (C=O) groups excluding carboxylic acids is 2. The van der Waals surface area contributed by atoms with Crippen LogP contribution in [0.2, 0.25) is 0 Å². The molecule has 2 amide bonds. The Morgan fingerprint density at radius 3 is 2.26 bits per heavy atom. The number of thioether (sulfide) groups is 1. The van der Waals surface area contributed by atoms with Gasteiger partial charge in [0.1, 0.15) is 5.03 Å². The van der Waals surface area contributed by atoms with Crippen molar-refractivity contribution in [3.05, 3.63) is 90.3 Å². The van der Waals surface area contributed by atoms with Gasteiger partial charge in [0.05, 0.1) is 22.5 Å². The molecule has 0 aliphatic heterocycles. The quantitative estimate of drug-likeness (QED) is 0.275. The molecule has 2 N–H and O–H groups in total. The van der Waals surface area contributed by atoms with Crippen LogP contribution in [-0.4, -0.2) is 27.5 Å². The number of halogens is 3. The molecule has 3 aromatic carbocycles. The Morgan fingerprint density at radius 1 is 0.824 bits per heavy atom. The summed E-state index contributed by atoms with van der Waals surface area (Å²) >= 11 is 0.861. The molecule has 0 atom stereocenters. The molecular weight excluding hydrogens is 465 g/mol. The monoisotopic (exact) mass is 482 g/mol. The SMILES string of the molecule is O=C(CSc1nc(C(F)(F)F)nc2ccccc12)Nc1ccccc1C(=O)Nc1ccccc1. The highest BCUT2D eigenvalue weighted by Gasteiger charge is 2.35. The second-order valence-electron chi connectivity index (χ2n) is 7.07. The zero-order valence-electron chi connectivity index (χ0n) is 17.5. The van der Waals surface area contributed by atoms with Gasteiger partial charge in [0.15, 0.2) is 0 Å². The molecule has 1 heterocycles. The summed E-state index contributed by atoms with van der Waals surface area (Å²) < 4.78 is 39.6. The number of para-hydroxylation sites is 3. The third-order valence-electron chi connectivity index (χ3n) is 4.64. The van der Waals surface area contributed by atoms with Gasteiger partial charge >= 0.3 is 6.18 Å². The Kier molecular flexibility index (Phi) is 6.78. The fraction of sp³-hybridized carbons (Fsp3) is 0.0833. The summed E-state index contributed by atoms with van der Waals surface area (Å²) in [5.74, 6) is -2.39. The lowest BCUT2D eigenvalue weighted by Gasteiger charge is -2.12.